The molecule has 2 amide bonds. The monoisotopic (exact) mass is 198 g/mol. The van der Waals surface area contributed by atoms with E-state index in [1.165, 1.54) is 25.7 Å². The van der Waals surface area contributed by atoms with Gasteiger partial charge in [-0.15, -0.1) is 0 Å². The van der Waals surface area contributed by atoms with Crippen LogP contribution in [0, 0.1) is 0 Å². The largest absolute Gasteiger partial charge is 0.333 e. The maximum absolute atomic E-state index is 11.1. The number of rotatable bonds is 6. The minimum absolute atomic E-state index is 0.0114. The Balaban J connectivity index is 2.19. The summed E-state index contributed by atoms with van der Waals surface area (Å²) in [5.74, 6) is 0. The van der Waals surface area contributed by atoms with Gasteiger partial charge in [0, 0.05) is 0 Å². The van der Waals surface area contributed by atoms with E-state index < -0.39 is 0 Å². The summed E-state index contributed by atoms with van der Waals surface area (Å²) in [6.45, 7) is 4.34. The lowest BCUT2D eigenvalue weighted by Gasteiger charge is -2.16. The van der Waals surface area contributed by atoms with Crippen molar-refractivity contribution in [3.05, 3.63) is 0 Å². The topological polar surface area (TPSA) is 41.1 Å². The molecule has 1 aliphatic heterocycles. The van der Waals surface area contributed by atoms with Crippen molar-refractivity contribution in [1.82, 2.24) is 10.6 Å². The normalized spacial score (nSPS) is 26.0. The minimum Gasteiger partial charge on any atom is -0.333 e. The number of hydrogen-bond donors (Lipinski definition) is 2. The molecule has 0 spiro atoms. The van der Waals surface area contributed by atoms with Crippen LogP contribution in [0.5, 0.6) is 0 Å². The van der Waals surface area contributed by atoms with Crippen LogP contribution in [-0.2, 0) is 0 Å². The van der Waals surface area contributed by atoms with Crippen molar-refractivity contribution < 1.29 is 4.79 Å². The molecule has 0 saturated carbocycles. The molecule has 3 heteroatoms. The van der Waals surface area contributed by atoms with Gasteiger partial charge in [-0.2, -0.15) is 0 Å². The van der Waals surface area contributed by atoms with Crippen LogP contribution in [0.4, 0.5) is 4.79 Å². The average Bonchev–Trinajstić information content (AvgIpc) is 2.54. The highest BCUT2D eigenvalue weighted by Gasteiger charge is 2.28. The number of carbonyl (C=O) groups is 1. The Morgan fingerprint density at radius 2 is 1.79 bits per heavy atom. The third kappa shape index (κ3) is 3.20. The van der Waals surface area contributed by atoms with Gasteiger partial charge in [0.05, 0.1) is 12.1 Å². The Morgan fingerprint density at radius 1 is 1.07 bits per heavy atom. The lowest BCUT2D eigenvalue weighted by atomic mass is 10.0. The fourth-order valence-corrected chi connectivity index (χ4v) is 2.03. The molecule has 1 rings (SSSR count). The summed E-state index contributed by atoms with van der Waals surface area (Å²) in [5, 5.41) is 5.93. The maximum atomic E-state index is 11.1. The number of urea groups is 1. The molecular formula is C11H22N2O. The van der Waals surface area contributed by atoms with Gasteiger partial charge in [0.15, 0.2) is 0 Å². The first-order valence-electron chi connectivity index (χ1n) is 5.85. The van der Waals surface area contributed by atoms with Crippen LogP contribution in [0.25, 0.3) is 0 Å². The Labute approximate surface area is 86.6 Å². The molecule has 2 atom stereocenters. The van der Waals surface area contributed by atoms with Crippen molar-refractivity contribution in [3.8, 4) is 0 Å². The molecule has 0 aromatic heterocycles. The molecule has 2 N–H and O–H groups in total. The van der Waals surface area contributed by atoms with Crippen LogP contribution < -0.4 is 10.6 Å². The first kappa shape index (κ1) is 11.3. The van der Waals surface area contributed by atoms with Gasteiger partial charge < -0.3 is 10.6 Å². The number of hydrogen-bond acceptors (Lipinski definition) is 1. The summed E-state index contributed by atoms with van der Waals surface area (Å²) < 4.78 is 0. The SMILES string of the molecule is CCCCCC[C@@H]1NC(=O)N[C@@H]1CC. The summed E-state index contributed by atoms with van der Waals surface area (Å²) in [6.07, 6.45) is 7.25. The maximum Gasteiger partial charge on any atom is 0.315 e. The highest BCUT2D eigenvalue weighted by molar-refractivity contribution is 5.77. The average molecular weight is 198 g/mol. The van der Waals surface area contributed by atoms with Gasteiger partial charge in [0.1, 0.15) is 0 Å². The van der Waals surface area contributed by atoms with E-state index in [0.29, 0.717) is 12.1 Å². The summed E-state index contributed by atoms with van der Waals surface area (Å²) in [7, 11) is 0. The van der Waals surface area contributed by atoms with Crippen LogP contribution in [0.15, 0.2) is 0 Å². The van der Waals surface area contributed by atoms with Crippen molar-refractivity contribution in [3.63, 3.8) is 0 Å². The molecule has 82 valence electrons. The van der Waals surface area contributed by atoms with Crippen LogP contribution in [-0.4, -0.2) is 18.1 Å². The molecule has 1 saturated heterocycles. The molecule has 1 fully saturated rings. The fraction of sp³-hybridized carbons (Fsp3) is 0.909. The minimum atomic E-state index is 0.0114. The van der Waals surface area contributed by atoms with E-state index in [4.69, 9.17) is 0 Å². The van der Waals surface area contributed by atoms with Gasteiger partial charge in [0.25, 0.3) is 0 Å². The fourth-order valence-electron chi connectivity index (χ4n) is 2.03. The number of carbonyl (C=O) groups excluding carboxylic acids is 1. The lowest BCUT2D eigenvalue weighted by molar-refractivity contribution is 0.246. The first-order valence-corrected chi connectivity index (χ1v) is 5.85. The standard InChI is InChI=1S/C11H22N2O/c1-3-5-6-7-8-10-9(4-2)12-11(14)13-10/h9-10H,3-8H2,1-2H3,(H2,12,13,14)/t9-,10+/m1/s1. The van der Waals surface area contributed by atoms with Gasteiger partial charge in [-0.3, -0.25) is 0 Å². The second kappa shape index (κ2) is 5.89. The van der Waals surface area contributed by atoms with Crippen LogP contribution >= 0.6 is 0 Å². The van der Waals surface area contributed by atoms with E-state index >= 15 is 0 Å². The van der Waals surface area contributed by atoms with Crippen molar-refractivity contribution in [2.24, 2.45) is 0 Å². The summed E-state index contributed by atoms with van der Waals surface area (Å²) >= 11 is 0. The van der Waals surface area contributed by atoms with E-state index in [9.17, 15) is 4.79 Å². The van der Waals surface area contributed by atoms with Crippen molar-refractivity contribution in [2.75, 3.05) is 0 Å². The zero-order valence-electron chi connectivity index (χ0n) is 9.31. The number of unbranched alkanes of at least 4 members (excludes halogenated alkanes) is 3. The Morgan fingerprint density at radius 3 is 2.43 bits per heavy atom. The quantitative estimate of drug-likeness (QED) is 0.632. The first-order chi connectivity index (χ1) is 6.77. The smallest absolute Gasteiger partial charge is 0.315 e. The van der Waals surface area contributed by atoms with E-state index in [2.05, 4.69) is 24.5 Å². The van der Waals surface area contributed by atoms with Gasteiger partial charge in [-0.25, -0.2) is 4.79 Å². The Kier molecular flexibility index (Phi) is 4.77. The van der Waals surface area contributed by atoms with Crippen molar-refractivity contribution in [1.29, 1.82) is 0 Å². The van der Waals surface area contributed by atoms with Crippen LogP contribution in [0.2, 0.25) is 0 Å². The second-order valence-corrected chi connectivity index (χ2v) is 4.09. The summed E-state index contributed by atoms with van der Waals surface area (Å²) in [5.41, 5.74) is 0. The van der Waals surface area contributed by atoms with Gasteiger partial charge in [0.2, 0.25) is 0 Å². The molecule has 0 unspecified atom stereocenters. The summed E-state index contributed by atoms with van der Waals surface area (Å²) in [4.78, 5) is 11.1. The number of amides is 2. The zero-order valence-corrected chi connectivity index (χ0v) is 9.31. The summed E-state index contributed by atoms with van der Waals surface area (Å²) in [6, 6.07) is 0.728. The van der Waals surface area contributed by atoms with E-state index in [-0.39, 0.29) is 6.03 Å². The predicted octanol–water partition coefficient (Wildman–Crippen LogP) is 2.42. The van der Waals surface area contributed by atoms with E-state index in [1.807, 2.05) is 0 Å². The third-order valence-corrected chi connectivity index (χ3v) is 2.93. The Bertz CT molecular complexity index is 182. The van der Waals surface area contributed by atoms with Gasteiger partial charge in [-0.1, -0.05) is 39.5 Å². The van der Waals surface area contributed by atoms with E-state index in [1.54, 1.807) is 0 Å². The molecule has 1 heterocycles. The molecule has 0 bridgehead atoms. The van der Waals surface area contributed by atoms with Crippen LogP contribution in [0.1, 0.15) is 52.4 Å². The molecule has 14 heavy (non-hydrogen) atoms. The van der Waals surface area contributed by atoms with Gasteiger partial charge in [-0.05, 0) is 12.8 Å². The predicted molar refractivity (Wildman–Crippen MR) is 58.3 cm³/mol. The zero-order chi connectivity index (χ0) is 10.4. The molecule has 0 aromatic carbocycles. The molecule has 3 nitrogen and oxygen atoms in total. The molecule has 0 radical (unpaired) electrons. The van der Waals surface area contributed by atoms with Gasteiger partial charge >= 0.3 is 6.03 Å². The lowest BCUT2D eigenvalue weighted by Crippen LogP contribution is -2.32. The van der Waals surface area contributed by atoms with Crippen LogP contribution in [0.3, 0.4) is 0 Å². The molecule has 0 aliphatic carbocycles. The van der Waals surface area contributed by atoms with Crippen molar-refractivity contribution >= 4 is 6.03 Å². The second-order valence-electron chi connectivity index (χ2n) is 4.09. The number of nitrogens with one attached hydrogen (secondary N) is 2. The highest BCUT2D eigenvalue weighted by Crippen LogP contribution is 2.13. The third-order valence-electron chi connectivity index (χ3n) is 2.93. The van der Waals surface area contributed by atoms with Crippen molar-refractivity contribution in [2.45, 2.75) is 64.5 Å². The molecule has 0 aromatic rings. The highest BCUT2D eigenvalue weighted by atomic mass is 16.2. The molecular weight excluding hydrogens is 176 g/mol. The molecule has 1 aliphatic rings. The Hall–Kier alpha value is -0.730. The van der Waals surface area contributed by atoms with E-state index in [0.717, 1.165) is 12.8 Å².